The van der Waals surface area contributed by atoms with Crippen molar-refractivity contribution < 1.29 is 9.53 Å². The lowest BCUT2D eigenvalue weighted by atomic mass is 10.0. The van der Waals surface area contributed by atoms with E-state index in [1.54, 1.807) is 18.2 Å². The van der Waals surface area contributed by atoms with Crippen molar-refractivity contribution in [3.8, 4) is 0 Å². The van der Waals surface area contributed by atoms with E-state index in [9.17, 15) is 9.59 Å². The molecule has 1 aromatic heterocycles. The lowest BCUT2D eigenvalue weighted by Crippen LogP contribution is -2.55. The second-order valence-corrected chi connectivity index (χ2v) is 7.83. The minimum absolute atomic E-state index is 0.126. The van der Waals surface area contributed by atoms with Gasteiger partial charge in [0, 0.05) is 30.6 Å². The van der Waals surface area contributed by atoms with Crippen molar-refractivity contribution in [1.29, 1.82) is 0 Å². The lowest BCUT2D eigenvalue weighted by molar-refractivity contribution is -0.00924. The van der Waals surface area contributed by atoms with Gasteiger partial charge < -0.3 is 10.1 Å². The fourth-order valence-corrected chi connectivity index (χ4v) is 3.39. The molecule has 1 saturated heterocycles. The van der Waals surface area contributed by atoms with Crippen molar-refractivity contribution in [3.05, 3.63) is 40.3 Å². The molecule has 146 valence electrons. The van der Waals surface area contributed by atoms with Gasteiger partial charge in [-0.3, -0.25) is 14.5 Å². The maximum Gasteiger partial charge on any atom is 0.274 e. The molecule has 7 nitrogen and oxygen atoms in total. The largest absolute Gasteiger partial charge is 0.379 e. The Morgan fingerprint density at radius 3 is 2.48 bits per heavy atom. The number of hydrogen-bond donors (Lipinski definition) is 1. The first-order valence-corrected chi connectivity index (χ1v) is 9.44. The molecule has 1 aliphatic heterocycles. The number of benzene rings is 1. The Morgan fingerprint density at radius 2 is 1.85 bits per heavy atom. The highest BCUT2D eigenvalue weighted by Gasteiger charge is 2.29. The first-order chi connectivity index (χ1) is 12.8. The van der Waals surface area contributed by atoms with Crippen LogP contribution < -0.4 is 10.9 Å². The van der Waals surface area contributed by atoms with E-state index in [-0.39, 0.29) is 28.7 Å². The van der Waals surface area contributed by atoms with Gasteiger partial charge in [-0.25, -0.2) is 4.68 Å². The van der Waals surface area contributed by atoms with Crippen LogP contribution in [0.5, 0.6) is 0 Å². The average molecular weight is 372 g/mol. The monoisotopic (exact) mass is 372 g/mol. The maximum atomic E-state index is 12.9. The summed E-state index contributed by atoms with van der Waals surface area (Å²) in [7, 11) is 0. The zero-order chi connectivity index (χ0) is 19.6. The van der Waals surface area contributed by atoms with E-state index in [1.807, 2.05) is 19.9 Å². The molecular formula is C20H28N4O3. The Balaban J connectivity index is 1.87. The van der Waals surface area contributed by atoms with E-state index < -0.39 is 0 Å². The molecular weight excluding hydrogens is 344 g/mol. The van der Waals surface area contributed by atoms with Crippen LogP contribution in [0.15, 0.2) is 29.1 Å². The Morgan fingerprint density at radius 1 is 1.22 bits per heavy atom. The van der Waals surface area contributed by atoms with Crippen molar-refractivity contribution in [2.75, 3.05) is 32.8 Å². The number of carbonyl (C=O) groups excluding carboxylic acids is 1. The summed E-state index contributed by atoms with van der Waals surface area (Å²) < 4.78 is 6.79. The van der Waals surface area contributed by atoms with Gasteiger partial charge in [-0.2, -0.15) is 5.10 Å². The summed E-state index contributed by atoms with van der Waals surface area (Å²) in [5.74, 6) is -0.262. The number of nitrogens with one attached hydrogen (secondary N) is 1. The van der Waals surface area contributed by atoms with Gasteiger partial charge in [0.25, 0.3) is 11.5 Å². The third-order valence-corrected chi connectivity index (χ3v) is 5.08. The SMILES string of the molecule is CC(C)n1nc(C(=O)NCC(C)(C)N2CCOCC2)c2ccccc2c1=O. The smallest absolute Gasteiger partial charge is 0.274 e. The standard InChI is InChI=1S/C20H28N4O3/c1-14(2)24-19(26)16-8-6-5-7-15(16)17(22-24)18(25)21-13-20(3,4)23-9-11-27-12-10-23/h5-8,14H,9-13H2,1-4H3,(H,21,25). The van der Waals surface area contributed by atoms with Gasteiger partial charge in [0.05, 0.1) is 24.6 Å². The quantitative estimate of drug-likeness (QED) is 0.866. The second kappa shape index (κ2) is 7.78. The minimum atomic E-state index is -0.262. The zero-order valence-electron chi connectivity index (χ0n) is 16.5. The van der Waals surface area contributed by atoms with Crippen LogP contribution >= 0.6 is 0 Å². The lowest BCUT2D eigenvalue weighted by Gasteiger charge is -2.40. The molecule has 1 N–H and O–H groups in total. The molecule has 0 saturated carbocycles. The predicted molar refractivity (Wildman–Crippen MR) is 105 cm³/mol. The highest BCUT2D eigenvalue weighted by Crippen LogP contribution is 2.17. The summed E-state index contributed by atoms with van der Waals surface area (Å²) >= 11 is 0. The third-order valence-electron chi connectivity index (χ3n) is 5.08. The fourth-order valence-electron chi connectivity index (χ4n) is 3.39. The maximum absolute atomic E-state index is 12.9. The normalized spacial score (nSPS) is 16.0. The molecule has 2 aromatic rings. The summed E-state index contributed by atoms with van der Waals surface area (Å²) in [5.41, 5.74) is -0.0793. The number of rotatable bonds is 5. The molecule has 0 radical (unpaired) electrons. The molecule has 0 spiro atoms. The first kappa shape index (κ1) is 19.5. The molecule has 3 rings (SSSR count). The summed E-state index contributed by atoms with van der Waals surface area (Å²) in [5, 5.41) is 8.48. The Bertz CT molecular complexity index is 882. The number of aromatic nitrogens is 2. The van der Waals surface area contributed by atoms with E-state index >= 15 is 0 Å². The number of nitrogens with zero attached hydrogens (tertiary/aromatic N) is 3. The topological polar surface area (TPSA) is 76.5 Å². The predicted octanol–water partition coefficient (Wildman–Crippen LogP) is 1.82. The second-order valence-electron chi connectivity index (χ2n) is 7.83. The van der Waals surface area contributed by atoms with Crippen LogP contribution in [-0.4, -0.2) is 59.0 Å². The molecule has 1 amide bonds. The molecule has 1 fully saturated rings. The molecule has 0 aliphatic carbocycles. The van der Waals surface area contributed by atoms with E-state index in [2.05, 4.69) is 29.2 Å². The number of morpholine rings is 1. The van der Waals surface area contributed by atoms with Crippen molar-refractivity contribution in [3.63, 3.8) is 0 Å². The Kier molecular flexibility index (Phi) is 5.62. The number of fused-ring (bicyclic) bond motifs is 1. The van der Waals surface area contributed by atoms with Gasteiger partial charge in [-0.05, 0) is 33.8 Å². The van der Waals surface area contributed by atoms with Gasteiger partial charge in [0.2, 0.25) is 0 Å². The van der Waals surface area contributed by atoms with Crippen molar-refractivity contribution in [1.82, 2.24) is 20.0 Å². The van der Waals surface area contributed by atoms with E-state index in [4.69, 9.17) is 4.74 Å². The van der Waals surface area contributed by atoms with E-state index in [0.717, 1.165) is 13.1 Å². The first-order valence-electron chi connectivity index (χ1n) is 9.44. The van der Waals surface area contributed by atoms with Crippen LogP contribution in [0.25, 0.3) is 10.8 Å². The van der Waals surface area contributed by atoms with Gasteiger partial charge in [0.15, 0.2) is 5.69 Å². The fraction of sp³-hybridized carbons (Fsp3) is 0.550. The molecule has 0 bridgehead atoms. The summed E-state index contributed by atoms with van der Waals surface area (Å²) in [6.45, 7) is 11.6. The highest BCUT2D eigenvalue weighted by atomic mass is 16.5. The average Bonchev–Trinajstić information content (AvgIpc) is 2.67. The molecule has 1 aliphatic rings. The van der Waals surface area contributed by atoms with Crippen LogP contribution in [0.3, 0.4) is 0 Å². The van der Waals surface area contributed by atoms with Crippen molar-refractivity contribution in [2.24, 2.45) is 0 Å². The van der Waals surface area contributed by atoms with Crippen LogP contribution in [0.1, 0.15) is 44.2 Å². The number of amides is 1. The van der Waals surface area contributed by atoms with Crippen molar-refractivity contribution >= 4 is 16.7 Å². The molecule has 7 heteroatoms. The van der Waals surface area contributed by atoms with Gasteiger partial charge >= 0.3 is 0 Å². The summed E-state index contributed by atoms with van der Waals surface area (Å²) in [4.78, 5) is 27.9. The number of ether oxygens (including phenoxy) is 1. The van der Waals surface area contributed by atoms with Crippen molar-refractivity contribution in [2.45, 2.75) is 39.3 Å². The van der Waals surface area contributed by atoms with Gasteiger partial charge in [-0.1, -0.05) is 18.2 Å². The van der Waals surface area contributed by atoms with Gasteiger partial charge in [0.1, 0.15) is 0 Å². The molecule has 1 aromatic carbocycles. The third kappa shape index (κ3) is 4.04. The molecule has 0 unspecified atom stereocenters. The number of hydrogen-bond acceptors (Lipinski definition) is 5. The summed E-state index contributed by atoms with van der Waals surface area (Å²) in [6, 6.07) is 7.01. The minimum Gasteiger partial charge on any atom is -0.379 e. The van der Waals surface area contributed by atoms with Crippen LogP contribution in [0.2, 0.25) is 0 Å². The van der Waals surface area contributed by atoms with E-state index in [1.165, 1.54) is 4.68 Å². The Labute approximate surface area is 159 Å². The number of carbonyl (C=O) groups is 1. The van der Waals surface area contributed by atoms with Crippen LogP contribution in [0.4, 0.5) is 0 Å². The zero-order valence-corrected chi connectivity index (χ0v) is 16.5. The molecule has 2 heterocycles. The van der Waals surface area contributed by atoms with Crippen LogP contribution in [0, 0.1) is 0 Å². The Hall–Kier alpha value is -2.25. The molecule has 27 heavy (non-hydrogen) atoms. The van der Waals surface area contributed by atoms with Gasteiger partial charge in [-0.15, -0.1) is 0 Å². The summed E-state index contributed by atoms with van der Waals surface area (Å²) in [6.07, 6.45) is 0. The highest BCUT2D eigenvalue weighted by molar-refractivity contribution is 6.04. The molecule has 0 atom stereocenters. The van der Waals surface area contributed by atoms with Crippen LogP contribution in [-0.2, 0) is 4.74 Å². The van der Waals surface area contributed by atoms with E-state index in [0.29, 0.717) is 30.5 Å².